The standard InChI is InChI=1S/C20H17BrN4OS2/c21-13-10-16(28-12-13)19-18(15-8-4-5-9-22-15)24-20(27)25(19)11-17(26)23-14-6-2-1-3-7-14/h1-10,12,18-19H,11H2,(H,23,26)(H,24,27)/t18-,19-/m1/s1. The fraction of sp³-hybridized carbons (Fsp3) is 0.150. The summed E-state index contributed by atoms with van der Waals surface area (Å²) in [6.07, 6.45) is 1.77. The van der Waals surface area contributed by atoms with E-state index in [1.165, 1.54) is 0 Å². The molecule has 2 atom stereocenters. The highest BCUT2D eigenvalue weighted by Crippen LogP contribution is 2.41. The van der Waals surface area contributed by atoms with Crippen LogP contribution in [0.4, 0.5) is 5.69 Å². The van der Waals surface area contributed by atoms with Crippen molar-refractivity contribution in [3.8, 4) is 0 Å². The minimum absolute atomic E-state index is 0.111. The first-order valence-corrected chi connectivity index (χ1v) is 10.8. The van der Waals surface area contributed by atoms with Crippen LogP contribution in [0.5, 0.6) is 0 Å². The van der Waals surface area contributed by atoms with Gasteiger partial charge >= 0.3 is 0 Å². The van der Waals surface area contributed by atoms with Crippen LogP contribution in [0.25, 0.3) is 0 Å². The van der Waals surface area contributed by atoms with E-state index in [0.29, 0.717) is 5.11 Å². The maximum atomic E-state index is 12.7. The normalized spacial score (nSPS) is 18.8. The Labute approximate surface area is 180 Å². The number of anilines is 1. The van der Waals surface area contributed by atoms with Crippen LogP contribution < -0.4 is 10.6 Å². The highest BCUT2D eigenvalue weighted by atomic mass is 79.9. The molecule has 142 valence electrons. The molecule has 28 heavy (non-hydrogen) atoms. The number of aromatic nitrogens is 1. The van der Waals surface area contributed by atoms with Crippen LogP contribution in [0.3, 0.4) is 0 Å². The summed E-state index contributed by atoms with van der Waals surface area (Å²) in [5.41, 5.74) is 1.66. The number of amides is 1. The van der Waals surface area contributed by atoms with E-state index in [1.54, 1.807) is 17.5 Å². The largest absolute Gasteiger partial charge is 0.352 e. The Morgan fingerprint density at radius 3 is 2.71 bits per heavy atom. The van der Waals surface area contributed by atoms with Gasteiger partial charge in [0.1, 0.15) is 6.54 Å². The summed E-state index contributed by atoms with van der Waals surface area (Å²) in [7, 11) is 0. The third kappa shape index (κ3) is 4.09. The molecule has 1 saturated heterocycles. The van der Waals surface area contributed by atoms with E-state index in [9.17, 15) is 4.79 Å². The number of rotatable bonds is 5. The molecule has 5 nitrogen and oxygen atoms in total. The highest BCUT2D eigenvalue weighted by molar-refractivity contribution is 9.10. The maximum Gasteiger partial charge on any atom is 0.244 e. The fourth-order valence-corrected chi connectivity index (χ4v) is 5.14. The van der Waals surface area contributed by atoms with Crippen LogP contribution in [-0.4, -0.2) is 27.4 Å². The summed E-state index contributed by atoms with van der Waals surface area (Å²) < 4.78 is 1.01. The summed E-state index contributed by atoms with van der Waals surface area (Å²) in [6, 6.07) is 17.1. The van der Waals surface area contributed by atoms with E-state index in [2.05, 4.69) is 37.6 Å². The second-order valence-corrected chi connectivity index (χ2v) is 8.58. The summed E-state index contributed by atoms with van der Waals surface area (Å²) in [5.74, 6) is -0.113. The molecule has 0 unspecified atom stereocenters. The predicted molar refractivity (Wildman–Crippen MR) is 119 cm³/mol. The van der Waals surface area contributed by atoms with Gasteiger partial charge in [0.2, 0.25) is 5.91 Å². The van der Waals surface area contributed by atoms with Gasteiger partial charge in [0.05, 0.1) is 17.8 Å². The summed E-state index contributed by atoms with van der Waals surface area (Å²) >= 11 is 10.7. The number of nitrogens with one attached hydrogen (secondary N) is 2. The van der Waals surface area contributed by atoms with Gasteiger partial charge in [-0.25, -0.2) is 0 Å². The first-order valence-electron chi connectivity index (χ1n) is 8.69. The molecule has 0 radical (unpaired) electrons. The number of benzene rings is 1. The Morgan fingerprint density at radius 1 is 1.25 bits per heavy atom. The van der Waals surface area contributed by atoms with Crippen LogP contribution in [0, 0.1) is 0 Å². The molecule has 0 bridgehead atoms. The zero-order chi connectivity index (χ0) is 19.5. The van der Waals surface area contributed by atoms with Crippen LogP contribution in [-0.2, 0) is 4.79 Å². The number of thiophene rings is 1. The van der Waals surface area contributed by atoms with E-state index in [1.807, 2.05) is 58.8 Å². The number of hydrogen-bond donors (Lipinski definition) is 2. The van der Waals surface area contributed by atoms with Crippen molar-refractivity contribution in [2.24, 2.45) is 0 Å². The topological polar surface area (TPSA) is 57.3 Å². The summed E-state index contributed by atoms with van der Waals surface area (Å²) in [4.78, 5) is 20.2. The molecule has 2 aromatic heterocycles. The van der Waals surface area contributed by atoms with Crippen molar-refractivity contribution in [1.82, 2.24) is 15.2 Å². The highest BCUT2D eigenvalue weighted by Gasteiger charge is 2.41. The number of nitrogens with zero attached hydrogens (tertiary/aromatic N) is 2. The molecule has 4 rings (SSSR count). The van der Waals surface area contributed by atoms with Crippen molar-refractivity contribution in [3.05, 3.63) is 81.2 Å². The number of hydrogen-bond acceptors (Lipinski definition) is 4. The quantitative estimate of drug-likeness (QED) is 0.534. The number of pyridine rings is 1. The third-order valence-electron chi connectivity index (χ3n) is 4.45. The second-order valence-electron chi connectivity index (χ2n) is 6.34. The lowest BCUT2D eigenvalue weighted by Crippen LogP contribution is -2.36. The SMILES string of the molecule is O=C(CN1C(=S)N[C@H](c2ccccn2)[C@H]1c1cc(Br)cs1)Nc1ccccc1. The van der Waals surface area contributed by atoms with E-state index in [-0.39, 0.29) is 24.5 Å². The van der Waals surface area contributed by atoms with Crippen LogP contribution in [0.1, 0.15) is 22.7 Å². The van der Waals surface area contributed by atoms with Gasteiger partial charge in [0.25, 0.3) is 0 Å². The third-order valence-corrected chi connectivity index (χ3v) is 6.57. The molecule has 0 spiro atoms. The number of thiocarbonyl (C=S) groups is 1. The molecule has 1 amide bonds. The van der Waals surface area contributed by atoms with Gasteiger partial charge in [-0.3, -0.25) is 9.78 Å². The lowest BCUT2D eigenvalue weighted by molar-refractivity contribution is -0.116. The lowest BCUT2D eigenvalue weighted by atomic mass is 10.0. The van der Waals surface area contributed by atoms with Gasteiger partial charge in [0, 0.05) is 26.6 Å². The molecule has 3 heterocycles. The smallest absolute Gasteiger partial charge is 0.244 e. The molecule has 0 aliphatic carbocycles. The first kappa shape index (κ1) is 19.0. The maximum absolute atomic E-state index is 12.7. The van der Waals surface area contributed by atoms with E-state index in [4.69, 9.17) is 12.2 Å². The van der Waals surface area contributed by atoms with Crippen molar-refractivity contribution in [2.75, 3.05) is 11.9 Å². The number of para-hydroxylation sites is 1. The van der Waals surface area contributed by atoms with Gasteiger partial charge in [0.15, 0.2) is 5.11 Å². The number of halogens is 1. The van der Waals surface area contributed by atoms with Crippen LogP contribution in [0.2, 0.25) is 0 Å². The minimum Gasteiger partial charge on any atom is -0.352 e. The molecular formula is C20H17BrN4OS2. The van der Waals surface area contributed by atoms with Crippen molar-refractivity contribution in [1.29, 1.82) is 0 Å². The molecule has 1 aromatic carbocycles. The molecule has 0 saturated carbocycles. The molecule has 2 N–H and O–H groups in total. The number of carbonyl (C=O) groups is 1. The predicted octanol–water partition coefficient (Wildman–Crippen LogP) is 4.52. The second kappa shape index (κ2) is 8.38. The summed E-state index contributed by atoms with van der Waals surface area (Å²) in [6.45, 7) is 0.157. The van der Waals surface area contributed by atoms with E-state index >= 15 is 0 Å². The number of carbonyl (C=O) groups excluding carboxylic acids is 1. The molecule has 1 aliphatic rings. The van der Waals surface area contributed by atoms with Gasteiger partial charge < -0.3 is 15.5 Å². The van der Waals surface area contributed by atoms with Crippen LogP contribution >= 0.6 is 39.5 Å². The zero-order valence-corrected chi connectivity index (χ0v) is 17.9. The average Bonchev–Trinajstić information content (AvgIpc) is 3.26. The van der Waals surface area contributed by atoms with Crippen molar-refractivity contribution in [2.45, 2.75) is 12.1 Å². The minimum atomic E-state index is -0.122. The van der Waals surface area contributed by atoms with Crippen molar-refractivity contribution in [3.63, 3.8) is 0 Å². The molecule has 3 aromatic rings. The van der Waals surface area contributed by atoms with Gasteiger partial charge in [-0.1, -0.05) is 24.3 Å². The fourth-order valence-electron chi connectivity index (χ4n) is 3.24. The Morgan fingerprint density at radius 2 is 2.04 bits per heavy atom. The Hall–Kier alpha value is -2.29. The molecular weight excluding hydrogens is 456 g/mol. The Bertz CT molecular complexity index is 980. The average molecular weight is 473 g/mol. The molecule has 1 aliphatic heterocycles. The van der Waals surface area contributed by atoms with Gasteiger partial charge in [-0.15, -0.1) is 11.3 Å². The summed E-state index contributed by atoms with van der Waals surface area (Å²) in [5, 5.41) is 8.87. The van der Waals surface area contributed by atoms with E-state index in [0.717, 1.165) is 20.7 Å². The van der Waals surface area contributed by atoms with Crippen molar-refractivity contribution >= 4 is 56.2 Å². The van der Waals surface area contributed by atoms with Gasteiger partial charge in [-0.05, 0) is 58.5 Å². The lowest BCUT2D eigenvalue weighted by Gasteiger charge is -2.26. The van der Waals surface area contributed by atoms with Crippen molar-refractivity contribution < 1.29 is 4.79 Å². The van der Waals surface area contributed by atoms with E-state index < -0.39 is 0 Å². The monoisotopic (exact) mass is 472 g/mol. The molecule has 8 heteroatoms. The molecule has 1 fully saturated rings. The zero-order valence-electron chi connectivity index (χ0n) is 14.7. The Balaban J connectivity index is 1.61. The first-order chi connectivity index (χ1) is 13.6. The van der Waals surface area contributed by atoms with Crippen LogP contribution in [0.15, 0.2) is 70.6 Å². The van der Waals surface area contributed by atoms with Gasteiger partial charge in [-0.2, -0.15) is 0 Å². The Kier molecular flexibility index (Phi) is 5.70.